The number of ether oxygens (including phenoxy) is 3. The van der Waals surface area contributed by atoms with E-state index in [2.05, 4.69) is 15.3 Å². The molecule has 1 saturated heterocycles. The van der Waals surface area contributed by atoms with Crippen molar-refractivity contribution in [3.63, 3.8) is 0 Å². The normalized spacial score (nSPS) is 14.9. The van der Waals surface area contributed by atoms with Gasteiger partial charge >= 0.3 is 5.69 Å². The van der Waals surface area contributed by atoms with Crippen LogP contribution in [0.3, 0.4) is 0 Å². The van der Waals surface area contributed by atoms with Crippen LogP contribution < -0.4 is 20.5 Å². The monoisotopic (exact) mass is 462 g/mol. The Morgan fingerprint density at radius 1 is 1.06 bits per heavy atom. The van der Waals surface area contributed by atoms with Gasteiger partial charge in [-0.2, -0.15) is 4.31 Å². The number of hydrogen-bond acceptors (Lipinski definition) is 7. The number of anilines is 1. The predicted octanol–water partition coefficient (Wildman–Crippen LogP) is 1.15. The van der Waals surface area contributed by atoms with Gasteiger partial charge in [0.25, 0.3) is 5.91 Å². The first kappa shape index (κ1) is 21.9. The van der Waals surface area contributed by atoms with E-state index in [-0.39, 0.29) is 40.7 Å². The van der Waals surface area contributed by atoms with Crippen LogP contribution >= 0.6 is 0 Å². The molecule has 32 heavy (non-hydrogen) atoms. The minimum absolute atomic E-state index is 0.0126. The second kappa shape index (κ2) is 8.65. The predicted molar refractivity (Wildman–Crippen MR) is 116 cm³/mol. The summed E-state index contributed by atoms with van der Waals surface area (Å²) in [6, 6.07) is 7.43. The number of aromatic amines is 2. The summed E-state index contributed by atoms with van der Waals surface area (Å²) in [7, 11) is -1.16. The number of rotatable bonds is 6. The van der Waals surface area contributed by atoms with Crippen molar-refractivity contribution in [2.75, 3.05) is 45.8 Å². The molecule has 0 radical (unpaired) electrons. The highest BCUT2D eigenvalue weighted by Crippen LogP contribution is 2.35. The fourth-order valence-electron chi connectivity index (χ4n) is 3.50. The highest BCUT2D eigenvalue weighted by molar-refractivity contribution is 7.89. The van der Waals surface area contributed by atoms with Gasteiger partial charge < -0.3 is 29.5 Å². The van der Waals surface area contributed by atoms with Crippen LogP contribution in [0.1, 0.15) is 10.4 Å². The maximum absolute atomic E-state index is 13.1. The minimum atomic E-state index is -3.88. The SMILES string of the molecule is COc1cc(S(=O)(=O)N2CCOCC2)cc(C(=O)Nc2ccc3[nH]c(=O)[nH]c3c2)c1OC. The fraction of sp³-hybridized carbons (Fsp3) is 0.300. The van der Waals surface area contributed by atoms with Crippen molar-refractivity contribution < 1.29 is 27.4 Å². The standard InChI is InChI=1S/C20H22N4O7S/c1-29-17-11-13(32(27,28)24-5-7-31-8-6-24)10-14(18(17)30-2)19(25)21-12-3-4-15-16(9-12)23-20(26)22-15/h3-4,9-11H,5-8H2,1-2H3,(H,21,25)(H2,22,23,26). The molecule has 3 N–H and O–H groups in total. The molecule has 0 saturated carbocycles. The average molecular weight is 462 g/mol. The number of nitrogens with zero attached hydrogens (tertiary/aromatic N) is 1. The van der Waals surface area contributed by atoms with Gasteiger partial charge in [-0.3, -0.25) is 4.79 Å². The van der Waals surface area contributed by atoms with Crippen molar-refractivity contribution in [2.24, 2.45) is 0 Å². The number of imidazole rings is 1. The molecule has 0 unspecified atom stereocenters. The first-order valence-corrected chi connectivity index (χ1v) is 11.1. The van der Waals surface area contributed by atoms with Crippen LogP contribution in [0.5, 0.6) is 11.5 Å². The van der Waals surface area contributed by atoms with Gasteiger partial charge in [0, 0.05) is 24.8 Å². The molecule has 1 aromatic heterocycles. The Kier molecular flexibility index (Phi) is 5.91. The Morgan fingerprint density at radius 2 is 1.78 bits per heavy atom. The second-order valence-electron chi connectivity index (χ2n) is 7.02. The molecule has 12 heteroatoms. The van der Waals surface area contributed by atoms with Crippen LogP contribution in [0.15, 0.2) is 40.0 Å². The van der Waals surface area contributed by atoms with Crippen molar-refractivity contribution in [2.45, 2.75) is 4.90 Å². The Bertz CT molecular complexity index is 1320. The van der Waals surface area contributed by atoms with E-state index in [0.717, 1.165) is 0 Å². The number of amides is 1. The lowest BCUT2D eigenvalue weighted by Gasteiger charge is -2.26. The molecule has 1 aliphatic heterocycles. The molecular formula is C20H22N4O7S. The summed E-state index contributed by atoms with van der Waals surface area (Å²) >= 11 is 0. The van der Waals surface area contributed by atoms with E-state index in [1.165, 1.54) is 30.7 Å². The summed E-state index contributed by atoms with van der Waals surface area (Å²) in [5.74, 6) is -0.393. The van der Waals surface area contributed by atoms with Crippen molar-refractivity contribution in [3.05, 3.63) is 46.4 Å². The third-order valence-corrected chi connectivity index (χ3v) is 6.96. The van der Waals surface area contributed by atoms with E-state index in [1.54, 1.807) is 18.2 Å². The van der Waals surface area contributed by atoms with Gasteiger partial charge in [-0.15, -0.1) is 0 Å². The molecule has 0 spiro atoms. The van der Waals surface area contributed by atoms with Gasteiger partial charge in [-0.25, -0.2) is 13.2 Å². The van der Waals surface area contributed by atoms with Gasteiger partial charge in [0.1, 0.15) is 0 Å². The highest BCUT2D eigenvalue weighted by atomic mass is 32.2. The minimum Gasteiger partial charge on any atom is -0.493 e. The lowest BCUT2D eigenvalue weighted by atomic mass is 10.1. The Morgan fingerprint density at radius 3 is 2.47 bits per heavy atom. The topological polar surface area (TPSA) is 143 Å². The molecule has 170 valence electrons. The number of sulfonamides is 1. The zero-order valence-corrected chi connectivity index (χ0v) is 18.2. The third kappa shape index (κ3) is 4.07. The van der Waals surface area contributed by atoms with Crippen molar-refractivity contribution in [1.82, 2.24) is 14.3 Å². The summed E-state index contributed by atoms with van der Waals surface area (Å²) < 4.78 is 43.5. The van der Waals surface area contributed by atoms with Crippen LogP contribution in [0, 0.1) is 0 Å². The number of morpholine rings is 1. The maximum Gasteiger partial charge on any atom is 0.323 e. The lowest BCUT2D eigenvalue weighted by molar-refractivity contribution is 0.0730. The first-order chi connectivity index (χ1) is 15.3. The Hall–Kier alpha value is -3.35. The summed E-state index contributed by atoms with van der Waals surface area (Å²) in [5, 5.41) is 2.71. The van der Waals surface area contributed by atoms with Crippen molar-refractivity contribution >= 4 is 32.7 Å². The average Bonchev–Trinajstić information content (AvgIpc) is 3.17. The Labute approximate surface area is 183 Å². The number of carbonyl (C=O) groups is 1. The first-order valence-electron chi connectivity index (χ1n) is 9.71. The van der Waals surface area contributed by atoms with E-state index in [1.807, 2.05) is 0 Å². The number of nitrogens with one attached hydrogen (secondary N) is 3. The molecule has 4 rings (SSSR count). The summed E-state index contributed by atoms with van der Waals surface area (Å²) in [4.78, 5) is 29.7. The highest BCUT2D eigenvalue weighted by Gasteiger charge is 2.30. The van der Waals surface area contributed by atoms with Crippen LogP contribution in [0.25, 0.3) is 11.0 Å². The Balaban J connectivity index is 1.73. The molecule has 1 aliphatic rings. The molecule has 3 aromatic rings. The molecular weight excluding hydrogens is 440 g/mol. The van der Waals surface area contributed by atoms with Gasteiger partial charge in [-0.05, 0) is 24.3 Å². The van der Waals surface area contributed by atoms with E-state index >= 15 is 0 Å². The molecule has 11 nitrogen and oxygen atoms in total. The quantitative estimate of drug-likeness (QED) is 0.499. The van der Waals surface area contributed by atoms with Crippen molar-refractivity contribution in [1.29, 1.82) is 0 Å². The zero-order valence-electron chi connectivity index (χ0n) is 17.4. The van der Waals surface area contributed by atoms with Gasteiger partial charge in [-0.1, -0.05) is 0 Å². The van der Waals surface area contributed by atoms with E-state index < -0.39 is 15.9 Å². The molecule has 2 aromatic carbocycles. The smallest absolute Gasteiger partial charge is 0.323 e. The van der Waals surface area contributed by atoms with Crippen LogP contribution in [-0.2, 0) is 14.8 Å². The summed E-state index contributed by atoms with van der Waals surface area (Å²) in [6.45, 7) is 1.02. The number of methoxy groups -OCH3 is 2. The molecule has 2 heterocycles. The van der Waals surface area contributed by atoms with E-state index in [0.29, 0.717) is 29.9 Å². The van der Waals surface area contributed by atoms with Crippen LogP contribution in [-0.4, -0.2) is 69.1 Å². The molecule has 1 fully saturated rings. The largest absolute Gasteiger partial charge is 0.493 e. The number of fused-ring (bicyclic) bond motifs is 1. The molecule has 1 amide bonds. The molecule has 0 atom stereocenters. The summed E-state index contributed by atoms with van der Waals surface area (Å²) in [6.07, 6.45) is 0. The van der Waals surface area contributed by atoms with E-state index in [4.69, 9.17) is 14.2 Å². The third-order valence-electron chi connectivity index (χ3n) is 5.08. The van der Waals surface area contributed by atoms with Crippen molar-refractivity contribution in [3.8, 4) is 11.5 Å². The maximum atomic E-state index is 13.1. The van der Waals surface area contributed by atoms with Crippen LogP contribution in [0.2, 0.25) is 0 Å². The van der Waals surface area contributed by atoms with Gasteiger partial charge in [0.2, 0.25) is 10.0 Å². The number of H-pyrrole nitrogens is 2. The fourth-order valence-corrected chi connectivity index (χ4v) is 4.95. The number of hydrogen-bond donors (Lipinski definition) is 3. The number of benzene rings is 2. The van der Waals surface area contributed by atoms with Gasteiger partial charge in [0.15, 0.2) is 11.5 Å². The van der Waals surface area contributed by atoms with Gasteiger partial charge in [0.05, 0.1) is 48.9 Å². The second-order valence-corrected chi connectivity index (χ2v) is 8.95. The molecule has 0 aliphatic carbocycles. The zero-order chi connectivity index (χ0) is 22.9. The lowest BCUT2D eigenvalue weighted by Crippen LogP contribution is -2.40. The van der Waals surface area contributed by atoms with E-state index in [9.17, 15) is 18.0 Å². The number of aromatic nitrogens is 2. The van der Waals surface area contributed by atoms with Crippen LogP contribution in [0.4, 0.5) is 5.69 Å². The molecule has 0 bridgehead atoms. The summed E-state index contributed by atoms with van der Waals surface area (Å²) in [5.41, 5.74) is 1.13. The number of carbonyl (C=O) groups excluding carboxylic acids is 1.